The fourth-order valence-electron chi connectivity index (χ4n) is 0.923. The van der Waals surface area contributed by atoms with E-state index in [-0.39, 0.29) is 5.31 Å². The Morgan fingerprint density at radius 3 is 2.06 bits per heavy atom. The lowest BCUT2D eigenvalue weighted by molar-refractivity contribution is 0.381. The Morgan fingerprint density at radius 1 is 1.12 bits per heavy atom. The van der Waals surface area contributed by atoms with Crippen LogP contribution in [0.5, 0.6) is 0 Å². The van der Waals surface area contributed by atoms with Crippen molar-refractivity contribution in [3.8, 4) is 0 Å². The van der Waals surface area contributed by atoms with Gasteiger partial charge >= 0.3 is 7.60 Å². The first kappa shape index (κ1) is 14.8. The Balaban J connectivity index is 4.40. The summed E-state index contributed by atoms with van der Waals surface area (Å²) in [7, 11) is -4.08. The van der Waals surface area contributed by atoms with Gasteiger partial charge in [-0.1, -0.05) is 62.1 Å². The molecule has 0 radical (unpaired) electrons. The fourth-order valence-corrected chi connectivity index (χ4v) is 1.61. The van der Waals surface area contributed by atoms with Crippen molar-refractivity contribution in [2.45, 2.75) is 13.3 Å². The molecule has 0 aromatic carbocycles. The molecule has 88 valence electrons. The van der Waals surface area contributed by atoms with E-state index in [2.05, 4.69) is 6.58 Å². The van der Waals surface area contributed by atoms with Crippen molar-refractivity contribution in [3.05, 3.63) is 60.5 Å². The van der Waals surface area contributed by atoms with E-state index in [1.165, 1.54) is 6.08 Å². The largest absolute Gasteiger partial charge is 0.352 e. The summed E-state index contributed by atoms with van der Waals surface area (Å²) in [5.41, 5.74) is 0. The predicted octanol–water partition coefficient (Wildman–Crippen LogP) is 3.31. The Bertz CT molecular complexity index is 370. The summed E-state index contributed by atoms with van der Waals surface area (Å²) < 4.78 is 10.9. The molecule has 3 nitrogen and oxygen atoms in total. The third kappa shape index (κ3) is 7.18. The Labute approximate surface area is 96.4 Å². The Hall–Kier alpha value is -1.15. The van der Waals surface area contributed by atoms with Gasteiger partial charge in [-0.3, -0.25) is 4.57 Å². The van der Waals surface area contributed by atoms with Crippen molar-refractivity contribution >= 4 is 7.60 Å². The Morgan fingerprint density at radius 2 is 1.62 bits per heavy atom. The molecule has 0 spiro atoms. The summed E-state index contributed by atoms with van der Waals surface area (Å²) >= 11 is 0. The molecule has 0 aliphatic heterocycles. The quantitative estimate of drug-likeness (QED) is 0.553. The smallest absolute Gasteiger partial charge is 0.321 e. The molecule has 0 rings (SSSR count). The monoisotopic (exact) mass is 240 g/mol. The summed E-state index contributed by atoms with van der Waals surface area (Å²) in [6.07, 6.45) is 13.9. The highest BCUT2D eigenvalue weighted by Crippen LogP contribution is 2.46. The maximum absolute atomic E-state index is 10.9. The molecule has 0 bridgehead atoms. The highest BCUT2D eigenvalue weighted by atomic mass is 31.2. The second-order valence-electron chi connectivity index (χ2n) is 2.95. The number of allylic oxidation sites excluding steroid dienone is 9. The van der Waals surface area contributed by atoms with E-state index >= 15 is 0 Å². The van der Waals surface area contributed by atoms with E-state index in [9.17, 15) is 4.57 Å². The normalized spacial score (nSPS) is 14.3. The van der Waals surface area contributed by atoms with Crippen LogP contribution in [0.1, 0.15) is 13.3 Å². The summed E-state index contributed by atoms with van der Waals surface area (Å²) in [5.74, 6) is 0. The minimum absolute atomic E-state index is 0.138. The molecule has 0 saturated carbocycles. The van der Waals surface area contributed by atoms with E-state index in [0.29, 0.717) is 6.42 Å². The van der Waals surface area contributed by atoms with Crippen LogP contribution in [0.15, 0.2) is 60.5 Å². The lowest BCUT2D eigenvalue weighted by atomic mass is 10.3. The van der Waals surface area contributed by atoms with Crippen molar-refractivity contribution < 1.29 is 14.4 Å². The highest BCUT2D eigenvalue weighted by Gasteiger charge is 2.17. The van der Waals surface area contributed by atoms with Gasteiger partial charge in [0.15, 0.2) is 0 Å². The van der Waals surface area contributed by atoms with Crippen LogP contribution >= 0.6 is 7.60 Å². The van der Waals surface area contributed by atoms with Crippen LogP contribution in [0, 0.1) is 0 Å². The van der Waals surface area contributed by atoms with Crippen molar-refractivity contribution in [2.75, 3.05) is 0 Å². The SMILES string of the molecule is C=CC=CC=CC=CC=C(CC)P(=O)(O)O. The van der Waals surface area contributed by atoms with Crippen LogP contribution in [0.2, 0.25) is 0 Å². The van der Waals surface area contributed by atoms with E-state index in [0.717, 1.165) is 0 Å². The second kappa shape index (κ2) is 8.05. The van der Waals surface area contributed by atoms with Gasteiger partial charge in [0.05, 0.1) is 0 Å². The van der Waals surface area contributed by atoms with Gasteiger partial charge in [-0.15, -0.1) is 0 Å². The standard InChI is InChI=1S/C12H17O3P/c1-3-5-6-7-8-9-10-11-12(4-2)16(13,14)15/h3,5-11H,1,4H2,2H3,(H2,13,14,15). The van der Waals surface area contributed by atoms with Gasteiger partial charge in [-0.25, -0.2) is 0 Å². The lowest BCUT2D eigenvalue weighted by Gasteiger charge is -2.04. The van der Waals surface area contributed by atoms with Gasteiger partial charge in [-0.05, 0) is 6.42 Å². The van der Waals surface area contributed by atoms with Gasteiger partial charge in [0.2, 0.25) is 0 Å². The molecule has 0 heterocycles. The zero-order valence-corrected chi connectivity index (χ0v) is 10.2. The van der Waals surface area contributed by atoms with Crippen LogP contribution in [-0.2, 0) is 4.57 Å². The van der Waals surface area contributed by atoms with Crippen LogP contribution in [0.3, 0.4) is 0 Å². The average Bonchev–Trinajstić information content (AvgIpc) is 2.20. The lowest BCUT2D eigenvalue weighted by Crippen LogP contribution is -1.82. The zero-order valence-electron chi connectivity index (χ0n) is 9.28. The van der Waals surface area contributed by atoms with E-state index in [1.807, 2.05) is 6.08 Å². The Kier molecular flexibility index (Phi) is 7.48. The van der Waals surface area contributed by atoms with E-state index < -0.39 is 7.60 Å². The molecule has 0 saturated heterocycles. The van der Waals surface area contributed by atoms with Crippen LogP contribution in [0.4, 0.5) is 0 Å². The summed E-state index contributed by atoms with van der Waals surface area (Å²) in [4.78, 5) is 17.8. The second-order valence-corrected chi connectivity index (χ2v) is 4.61. The average molecular weight is 240 g/mol. The summed E-state index contributed by atoms with van der Waals surface area (Å²) in [5, 5.41) is 0.138. The van der Waals surface area contributed by atoms with Crippen molar-refractivity contribution in [1.29, 1.82) is 0 Å². The first-order valence-electron chi connectivity index (χ1n) is 4.90. The molecule has 0 atom stereocenters. The van der Waals surface area contributed by atoms with Gasteiger partial charge in [0, 0.05) is 5.31 Å². The summed E-state index contributed by atoms with van der Waals surface area (Å²) in [6.45, 7) is 5.23. The molecule has 0 aliphatic rings. The van der Waals surface area contributed by atoms with E-state index in [1.54, 1.807) is 43.4 Å². The molecule has 0 amide bonds. The molecular formula is C12H17O3P. The first-order chi connectivity index (χ1) is 7.52. The first-order valence-corrected chi connectivity index (χ1v) is 6.51. The number of hydrogen-bond donors (Lipinski definition) is 2. The third-order valence-electron chi connectivity index (χ3n) is 1.72. The molecule has 0 fully saturated rings. The molecular weight excluding hydrogens is 223 g/mol. The van der Waals surface area contributed by atoms with Crippen LogP contribution < -0.4 is 0 Å². The topological polar surface area (TPSA) is 57.5 Å². The minimum Gasteiger partial charge on any atom is -0.321 e. The van der Waals surface area contributed by atoms with Crippen molar-refractivity contribution in [1.82, 2.24) is 0 Å². The van der Waals surface area contributed by atoms with Crippen LogP contribution in [0.25, 0.3) is 0 Å². The van der Waals surface area contributed by atoms with Crippen molar-refractivity contribution in [3.63, 3.8) is 0 Å². The molecule has 2 N–H and O–H groups in total. The maximum Gasteiger partial charge on any atom is 0.352 e. The van der Waals surface area contributed by atoms with Gasteiger partial charge in [0.25, 0.3) is 0 Å². The predicted molar refractivity (Wildman–Crippen MR) is 68.0 cm³/mol. The molecule has 16 heavy (non-hydrogen) atoms. The molecule has 0 aromatic heterocycles. The molecule has 0 aliphatic carbocycles. The zero-order chi connectivity index (χ0) is 12.4. The third-order valence-corrected chi connectivity index (χ3v) is 2.93. The van der Waals surface area contributed by atoms with Crippen LogP contribution in [-0.4, -0.2) is 9.79 Å². The number of rotatable bonds is 6. The van der Waals surface area contributed by atoms with Gasteiger partial charge in [0.1, 0.15) is 0 Å². The molecule has 0 aromatic rings. The van der Waals surface area contributed by atoms with Crippen molar-refractivity contribution in [2.24, 2.45) is 0 Å². The summed E-state index contributed by atoms with van der Waals surface area (Å²) in [6, 6.07) is 0. The van der Waals surface area contributed by atoms with Gasteiger partial charge < -0.3 is 9.79 Å². The molecule has 0 unspecified atom stereocenters. The molecule has 4 heteroatoms. The fraction of sp³-hybridized carbons (Fsp3) is 0.167. The number of hydrogen-bond acceptors (Lipinski definition) is 1. The van der Waals surface area contributed by atoms with E-state index in [4.69, 9.17) is 9.79 Å². The van der Waals surface area contributed by atoms with Gasteiger partial charge in [-0.2, -0.15) is 0 Å². The highest BCUT2D eigenvalue weighted by molar-refractivity contribution is 7.56. The maximum atomic E-state index is 10.9. The minimum atomic E-state index is -4.08.